The molecule has 6 nitrogen and oxygen atoms in total. The largest absolute Gasteiger partial charge is 0.455 e. The van der Waals surface area contributed by atoms with E-state index in [2.05, 4.69) is 15.6 Å². The summed E-state index contributed by atoms with van der Waals surface area (Å²) in [4.78, 5) is 30.9. The van der Waals surface area contributed by atoms with Crippen molar-refractivity contribution in [1.82, 2.24) is 10.3 Å². The molecule has 0 saturated carbocycles. The van der Waals surface area contributed by atoms with Crippen molar-refractivity contribution in [3.8, 4) is 11.5 Å². The van der Waals surface area contributed by atoms with Gasteiger partial charge in [-0.15, -0.1) is 0 Å². The molecule has 5 rings (SSSR count). The standard InChI is InChI=1S/C27H20ClN3O3/c28-18-9-10-24-22(15-18)31-25(21-7-3-4-8-23(21)34-24)26(32)19-5-1-2-6-20(19)27(33)30-16-17-11-13-29-14-12-17/h1-15,25,31H,16H2,(H,30,33). The van der Waals surface area contributed by atoms with Crippen LogP contribution in [0.5, 0.6) is 11.5 Å². The summed E-state index contributed by atoms with van der Waals surface area (Å²) in [7, 11) is 0. The number of halogens is 1. The summed E-state index contributed by atoms with van der Waals surface area (Å²) in [5.41, 5.74) is 2.80. The normalized spacial score (nSPS) is 14.0. The van der Waals surface area contributed by atoms with E-state index in [0.29, 0.717) is 45.4 Å². The molecular weight excluding hydrogens is 450 g/mol. The van der Waals surface area contributed by atoms with Crippen molar-refractivity contribution < 1.29 is 14.3 Å². The molecule has 0 fully saturated rings. The minimum Gasteiger partial charge on any atom is -0.455 e. The zero-order valence-electron chi connectivity index (χ0n) is 18.0. The van der Waals surface area contributed by atoms with Crippen molar-refractivity contribution in [2.24, 2.45) is 0 Å². The Bertz CT molecular complexity index is 1370. The van der Waals surface area contributed by atoms with Gasteiger partial charge in [0.15, 0.2) is 11.5 Å². The van der Waals surface area contributed by atoms with Gasteiger partial charge in [-0.25, -0.2) is 0 Å². The van der Waals surface area contributed by atoms with E-state index < -0.39 is 6.04 Å². The number of amides is 1. The van der Waals surface area contributed by atoms with E-state index in [-0.39, 0.29) is 11.7 Å². The first kappa shape index (κ1) is 21.7. The highest BCUT2D eigenvalue weighted by Crippen LogP contribution is 2.42. The summed E-state index contributed by atoms with van der Waals surface area (Å²) in [5, 5.41) is 6.68. The van der Waals surface area contributed by atoms with Crippen molar-refractivity contribution >= 4 is 29.0 Å². The van der Waals surface area contributed by atoms with Crippen LogP contribution in [0, 0.1) is 0 Å². The minimum atomic E-state index is -0.773. The Morgan fingerprint density at radius 1 is 0.912 bits per heavy atom. The first-order valence-electron chi connectivity index (χ1n) is 10.7. The Morgan fingerprint density at radius 3 is 2.47 bits per heavy atom. The van der Waals surface area contributed by atoms with Gasteiger partial charge >= 0.3 is 0 Å². The minimum absolute atomic E-state index is 0.251. The van der Waals surface area contributed by atoms with E-state index in [1.807, 2.05) is 36.4 Å². The maximum Gasteiger partial charge on any atom is 0.252 e. The van der Waals surface area contributed by atoms with E-state index >= 15 is 0 Å². The van der Waals surface area contributed by atoms with Crippen LogP contribution < -0.4 is 15.4 Å². The van der Waals surface area contributed by atoms with Crippen LogP contribution in [0.3, 0.4) is 0 Å². The van der Waals surface area contributed by atoms with E-state index in [1.165, 1.54) is 0 Å². The molecule has 0 saturated heterocycles. The predicted octanol–water partition coefficient (Wildman–Crippen LogP) is 5.81. The van der Waals surface area contributed by atoms with Gasteiger partial charge in [0, 0.05) is 35.1 Å². The van der Waals surface area contributed by atoms with Crippen LogP contribution in [0.2, 0.25) is 5.02 Å². The molecular formula is C27H20ClN3O3. The topological polar surface area (TPSA) is 80.3 Å². The van der Waals surface area contributed by atoms with E-state index in [9.17, 15) is 9.59 Å². The van der Waals surface area contributed by atoms with Crippen LogP contribution in [-0.4, -0.2) is 16.7 Å². The first-order valence-corrected chi connectivity index (χ1v) is 11.1. The fourth-order valence-corrected chi connectivity index (χ4v) is 4.08. The molecule has 1 atom stereocenters. The number of para-hydroxylation sites is 1. The number of rotatable bonds is 5. The molecule has 1 aliphatic rings. The molecule has 1 aromatic heterocycles. The fourth-order valence-electron chi connectivity index (χ4n) is 3.90. The summed E-state index contributed by atoms with van der Waals surface area (Å²) < 4.78 is 6.08. The lowest BCUT2D eigenvalue weighted by molar-refractivity contribution is 0.0925. The molecule has 0 aliphatic carbocycles. The number of Topliss-reactive ketones (excluding diaryl/α,β-unsaturated/α-hetero) is 1. The summed E-state index contributed by atoms with van der Waals surface area (Å²) in [5.74, 6) is 0.547. The van der Waals surface area contributed by atoms with Gasteiger partial charge in [0.1, 0.15) is 11.8 Å². The third-order valence-corrected chi connectivity index (χ3v) is 5.83. The number of carbonyl (C=O) groups is 2. The molecule has 1 aliphatic heterocycles. The number of hydrogen-bond acceptors (Lipinski definition) is 5. The molecule has 7 heteroatoms. The number of anilines is 1. The van der Waals surface area contributed by atoms with Crippen LogP contribution in [0.25, 0.3) is 0 Å². The summed E-state index contributed by atoms with van der Waals surface area (Å²) in [6, 6.07) is 22.2. The van der Waals surface area contributed by atoms with Crippen molar-refractivity contribution in [2.75, 3.05) is 5.32 Å². The molecule has 0 spiro atoms. The quantitative estimate of drug-likeness (QED) is 0.361. The summed E-state index contributed by atoms with van der Waals surface area (Å²) >= 11 is 6.20. The number of benzene rings is 3. The maximum absolute atomic E-state index is 13.9. The monoisotopic (exact) mass is 469 g/mol. The smallest absolute Gasteiger partial charge is 0.252 e. The Labute approximate surface area is 201 Å². The van der Waals surface area contributed by atoms with Crippen molar-refractivity contribution in [2.45, 2.75) is 12.6 Å². The van der Waals surface area contributed by atoms with E-state index in [1.54, 1.807) is 54.9 Å². The van der Waals surface area contributed by atoms with Gasteiger partial charge in [0.25, 0.3) is 5.91 Å². The summed E-state index contributed by atoms with van der Waals surface area (Å²) in [6.45, 7) is 0.327. The Hall–Kier alpha value is -4.16. The lowest BCUT2D eigenvalue weighted by Gasteiger charge is -2.19. The third kappa shape index (κ3) is 4.36. The number of carbonyl (C=O) groups excluding carboxylic acids is 2. The van der Waals surface area contributed by atoms with Crippen molar-refractivity contribution in [3.63, 3.8) is 0 Å². The first-order chi connectivity index (χ1) is 16.6. The van der Waals surface area contributed by atoms with Crippen LogP contribution in [-0.2, 0) is 6.54 Å². The highest BCUT2D eigenvalue weighted by atomic mass is 35.5. The maximum atomic E-state index is 13.9. The molecule has 2 heterocycles. The van der Waals surface area contributed by atoms with Gasteiger partial charge in [0.05, 0.1) is 11.3 Å². The van der Waals surface area contributed by atoms with Gasteiger partial charge in [-0.2, -0.15) is 0 Å². The lowest BCUT2D eigenvalue weighted by Crippen LogP contribution is -2.27. The van der Waals surface area contributed by atoms with Gasteiger partial charge in [-0.1, -0.05) is 48.0 Å². The number of nitrogens with one attached hydrogen (secondary N) is 2. The number of nitrogens with zero attached hydrogens (tertiary/aromatic N) is 1. The van der Waals surface area contributed by atoms with Gasteiger partial charge in [0.2, 0.25) is 0 Å². The zero-order valence-corrected chi connectivity index (χ0v) is 18.8. The zero-order chi connectivity index (χ0) is 23.5. The second kappa shape index (κ2) is 9.37. The summed E-state index contributed by atoms with van der Waals surface area (Å²) in [6.07, 6.45) is 3.33. The number of fused-ring (bicyclic) bond motifs is 2. The molecule has 1 unspecified atom stereocenters. The average Bonchev–Trinajstić information content (AvgIpc) is 3.04. The van der Waals surface area contributed by atoms with Crippen LogP contribution in [0.1, 0.15) is 37.9 Å². The van der Waals surface area contributed by atoms with E-state index in [0.717, 1.165) is 5.56 Å². The molecule has 2 N–H and O–H groups in total. The van der Waals surface area contributed by atoms with Crippen molar-refractivity contribution in [3.05, 3.63) is 119 Å². The van der Waals surface area contributed by atoms with Crippen LogP contribution in [0.4, 0.5) is 5.69 Å². The SMILES string of the molecule is O=C(NCc1ccncc1)c1ccccc1C(=O)C1Nc2cc(Cl)ccc2Oc2ccccc21. The second-order valence-electron chi connectivity index (χ2n) is 7.81. The Morgan fingerprint density at radius 2 is 1.65 bits per heavy atom. The molecule has 1 amide bonds. The number of ether oxygens (including phenoxy) is 1. The molecule has 0 bridgehead atoms. The second-order valence-corrected chi connectivity index (χ2v) is 8.24. The number of aromatic nitrogens is 1. The fraction of sp³-hybridized carbons (Fsp3) is 0.0741. The van der Waals surface area contributed by atoms with Crippen LogP contribution >= 0.6 is 11.6 Å². The molecule has 4 aromatic rings. The van der Waals surface area contributed by atoms with Crippen LogP contribution in [0.15, 0.2) is 91.3 Å². The highest BCUT2D eigenvalue weighted by molar-refractivity contribution is 6.31. The molecule has 0 radical (unpaired) electrons. The molecule has 3 aromatic carbocycles. The van der Waals surface area contributed by atoms with E-state index in [4.69, 9.17) is 16.3 Å². The van der Waals surface area contributed by atoms with Crippen molar-refractivity contribution in [1.29, 1.82) is 0 Å². The Kier molecular flexibility index (Phi) is 5.97. The third-order valence-electron chi connectivity index (χ3n) is 5.59. The predicted molar refractivity (Wildman–Crippen MR) is 131 cm³/mol. The molecule has 168 valence electrons. The number of ketones is 1. The van der Waals surface area contributed by atoms with Gasteiger partial charge in [-0.05, 0) is 48.0 Å². The highest BCUT2D eigenvalue weighted by Gasteiger charge is 2.31. The Balaban J connectivity index is 1.49. The lowest BCUT2D eigenvalue weighted by atomic mass is 9.93. The average molecular weight is 470 g/mol. The number of pyridine rings is 1. The van der Waals surface area contributed by atoms with Gasteiger partial charge < -0.3 is 15.4 Å². The molecule has 34 heavy (non-hydrogen) atoms. The van der Waals surface area contributed by atoms with Gasteiger partial charge in [-0.3, -0.25) is 14.6 Å². The number of hydrogen-bond donors (Lipinski definition) is 2.